The molecule has 0 radical (unpaired) electrons. The first-order valence-electron chi connectivity index (χ1n) is 5.52. The van der Waals surface area contributed by atoms with Crippen molar-refractivity contribution in [1.29, 1.82) is 0 Å². The summed E-state index contributed by atoms with van der Waals surface area (Å²) in [6, 6.07) is 0. The van der Waals surface area contributed by atoms with Crippen LogP contribution in [0.4, 0.5) is 0 Å². The quantitative estimate of drug-likeness (QED) is 0.243. The maximum atomic E-state index is 10.6. The van der Waals surface area contributed by atoms with E-state index in [1.807, 2.05) is 0 Å². The van der Waals surface area contributed by atoms with Crippen LogP contribution >= 0.6 is 0 Å². The molecule has 0 aromatic carbocycles. The summed E-state index contributed by atoms with van der Waals surface area (Å²) in [5, 5.41) is 34.5. The van der Waals surface area contributed by atoms with Gasteiger partial charge in [0.1, 0.15) is 0 Å². The zero-order chi connectivity index (χ0) is 15.7. The van der Waals surface area contributed by atoms with Gasteiger partial charge in [0, 0.05) is 30.2 Å². The van der Waals surface area contributed by atoms with Crippen molar-refractivity contribution < 1.29 is 56.7 Å². The molecule has 10 nitrogen and oxygen atoms in total. The van der Waals surface area contributed by atoms with E-state index in [1.165, 1.54) is 0 Å². The third-order valence-corrected chi connectivity index (χ3v) is 2.17. The Morgan fingerprint density at radius 1 is 0.542 bits per heavy atom. The fourth-order valence-corrected chi connectivity index (χ4v) is 1.48. The van der Waals surface area contributed by atoms with Crippen LogP contribution in [0.5, 0.6) is 0 Å². The van der Waals surface area contributed by atoms with E-state index in [9.17, 15) is 19.2 Å². The standard InChI is InChI=1S/C10H16N2O8.Fe.3Na.3H/c13-7(14)3-11(4-8(15)16)1-2-12(5-9(17)18)6-10(19)20;;;;;;;/h1-6H2,(H,13,14)(H,15,16)(H,17,18)(H,19,20);;;;;;;. The molecular weight excluding hydrogens is 401 g/mol. The summed E-state index contributed by atoms with van der Waals surface area (Å²) < 4.78 is 0. The van der Waals surface area contributed by atoms with E-state index >= 15 is 0 Å². The summed E-state index contributed by atoms with van der Waals surface area (Å²) in [4.78, 5) is 44.4. The molecule has 0 fully saturated rings. The molecule has 0 amide bonds. The van der Waals surface area contributed by atoms with Gasteiger partial charge in [-0.1, -0.05) is 0 Å². The van der Waals surface area contributed by atoms with Gasteiger partial charge in [0.25, 0.3) is 0 Å². The van der Waals surface area contributed by atoms with Crippen LogP contribution < -0.4 is 0 Å². The second-order valence-corrected chi connectivity index (χ2v) is 4.00. The van der Waals surface area contributed by atoms with Gasteiger partial charge in [0.15, 0.2) is 0 Å². The Morgan fingerprint density at radius 2 is 0.708 bits per heavy atom. The molecule has 0 atom stereocenters. The van der Waals surface area contributed by atoms with Crippen LogP contribution in [0.15, 0.2) is 0 Å². The normalized spacial score (nSPS) is 8.92. The van der Waals surface area contributed by atoms with Crippen molar-refractivity contribution in [2.24, 2.45) is 0 Å². The molecule has 0 aliphatic carbocycles. The van der Waals surface area contributed by atoms with Crippen LogP contribution in [0.25, 0.3) is 0 Å². The molecule has 0 saturated heterocycles. The van der Waals surface area contributed by atoms with Gasteiger partial charge in [-0.3, -0.25) is 29.0 Å². The number of carbonyl (C=O) groups is 4. The van der Waals surface area contributed by atoms with Crippen molar-refractivity contribution in [2.75, 3.05) is 39.3 Å². The van der Waals surface area contributed by atoms with Crippen LogP contribution in [-0.2, 0) is 36.2 Å². The van der Waals surface area contributed by atoms with E-state index in [1.54, 1.807) is 0 Å². The summed E-state index contributed by atoms with van der Waals surface area (Å²) in [7, 11) is 0. The molecule has 128 valence electrons. The van der Waals surface area contributed by atoms with Crippen molar-refractivity contribution in [2.45, 2.75) is 0 Å². The van der Waals surface area contributed by atoms with Crippen LogP contribution in [0.1, 0.15) is 0 Å². The molecule has 4 N–H and O–H groups in total. The van der Waals surface area contributed by atoms with E-state index in [-0.39, 0.29) is 119 Å². The van der Waals surface area contributed by atoms with Gasteiger partial charge in [0.05, 0.1) is 26.2 Å². The molecule has 0 aliphatic heterocycles. The third-order valence-electron chi connectivity index (χ3n) is 2.17. The molecule has 0 aromatic rings. The molecule has 14 heteroatoms. The predicted molar refractivity (Wildman–Crippen MR) is 84.9 cm³/mol. The Morgan fingerprint density at radius 3 is 0.833 bits per heavy atom. The van der Waals surface area contributed by atoms with Gasteiger partial charge in [-0.05, 0) is 0 Å². The molecule has 24 heavy (non-hydrogen) atoms. The number of nitrogens with zero attached hydrogens (tertiary/aromatic N) is 2. The summed E-state index contributed by atoms with van der Waals surface area (Å²) in [5.41, 5.74) is 0. The number of aliphatic carboxylic acids is 4. The Kier molecular flexibility index (Phi) is 31.2. The minimum atomic E-state index is -1.23. The monoisotopic (exact) mass is 420 g/mol. The molecule has 0 rings (SSSR count). The Labute approximate surface area is 215 Å². The average Bonchev–Trinajstić information content (AvgIpc) is 2.22. The average molecular weight is 420 g/mol. The van der Waals surface area contributed by atoms with Crippen LogP contribution in [0.3, 0.4) is 0 Å². The molecule has 0 aliphatic rings. The van der Waals surface area contributed by atoms with Gasteiger partial charge >= 0.3 is 113 Å². The zero-order valence-corrected chi connectivity index (χ0v) is 12.0. The number of carboxylic acids is 4. The third kappa shape index (κ3) is 23.3. The van der Waals surface area contributed by atoms with Gasteiger partial charge in [-0.2, -0.15) is 0 Å². The summed E-state index contributed by atoms with van der Waals surface area (Å²) in [6.07, 6.45) is 0. The van der Waals surface area contributed by atoms with Crippen molar-refractivity contribution in [3.63, 3.8) is 0 Å². The first-order chi connectivity index (χ1) is 9.20. The predicted octanol–water partition coefficient (Wildman–Crippen LogP) is -4.02. The van der Waals surface area contributed by atoms with E-state index in [0.717, 1.165) is 9.80 Å². The Balaban J connectivity index is -0.000000301. The number of rotatable bonds is 11. The number of carboxylic acid groups (broad SMARTS) is 4. The first kappa shape index (κ1) is 36.3. The van der Waals surface area contributed by atoms with E-state index in [0.29, 0.717) is 0 Å². The summed E-state index contributed by atoms with van der Waals surface area (Å²) >= 11 is 0. The Hall–Kier alpha value is 1.32. The van der Waals surface area contributed by atoms with Crippen molar-refractivity contribution >= 4 is 113 Å². The van der Waals surface area contributed by atoms with Gasteiger partial charge in [0.2, 0.25) is 0 Å². The van der Waals surface area contributed by atoms with E-state index < -0.39 is 50.1 Å². The number of hydrogen-bond donors (Lipinski definition) is 4. The Bertz CT molecular complexity index is 334. The molecular formula is C10H19FeN2Na3O8. The fourth-order valence-electron chi connectivity index (χ4n) is 1.48. The van der Waals surface area contributed by atoms with Crippen LogP contribution in [-0.4, -0.2) is 182 Å². The van der Waals surface area contributed by atoms with Gasteiger partial charge in [-0.25, -0.2) is 0 Å². The molecule has 0 aromatic heterocycles. The summed E-state index contributed by atoms with van der Waals surface area (Å²) in [5.74, 6) is -4.91. The van der Waals surface area contributed by atoms with Crippen molar-refractivity contribution in [1.82, 2.24) is 9.80 Å². The summed E-state index contributed by atoms with van der Waals surface area (Å²) in [6.45, 7) is -2.25. The first-order valence-corrected chi connectivity index (χ1v) is 5.52. The minimum absolute atomic E-state index is 0. The maximum absolute atomic E-state index is 10.6. The molecule has 0 heterocycles. The van der Waals surface area contributed by atoms with Crippen LogP contribution in [0.2, 0.25) is 0 Å². The molecule has 0 spiro atoms. The van der Waals surface area contributed by atoms with Crippen molar-refractivity contribution in [3.05, 3.63) is 0 Å². The van der Waals surface area contributed by atoms with E-state index in [2.05, 4.69) is 0 Å². The van der Waals surface area contributed by atoms with Gasteiger partial charge < -0.3 is 20.4 Å². The van der Waals surface area contributed by atoms with Gasteiger partial charge in [-0.15, -0.1) is 0 Å². The van der Waals surface area contributed by atoms with Crippen LogP contribution in [0, 0.1) is 0 Å². The molecule has 0 unspecified atom stereocenters. The molecule has 0 bridgehead atoms. The molecule has 0 saturated carbocycles. The number of hydrogen-bond acceptors (Lipinski definition) is 6. The van der Waals surface area contributed by atoms with Crippen molar-refractivity contribution in [3.8, 4) is 0 Å². The second-order valence-electron chi connectivity index (χ2n) is 4.00. The SMILES string of the molecule is O=C(O)CN(CCN(CC(=O)O)CC(=O)O)CC(=O)O.[Fe].[NaH].[NaH].[NaH]. The topological polar surface area (TPSA) is 156 Å². The second kappa shape index (κ2) is 20.6. The zero-order valence-electron chi connectivity index (χ0n) is 10.9. The van der Waals surface area contributed by atoms with E-state index in [4.69, 9.17) is 20.4 Å². The fraction of sp³-hybridized carbons (Fsp3) is 0.600.